The molecule has 136 valence electrons. The van der Waals surface area contributed by atoms with E-state index in [1.165, 1.54) is 12.1 Å². The van der Waals surface area contributed by atoms with E-state index >= 15 is 0 Å². The summed E-state index contributed by atoms with van der Waals surface area (Å²) in [6.45, 7) is 2.46. The van der Waals surface area contributed by atoms with E-state index in [2.05, 4.69) is 4.90 Å². The fraction of sp³-hybridized carbons (Fsp3) is 0.278. The summed E-state index contributed by atoms with van der Waals surface area (Å²) in [5, 5.41) is 11.0. The van der Waals surface area contributed by atoms with Gasteiger partial charge in [-0.05, 0) is 40.8 Å². The number of amides is 1. The number of nitro groups is 1. The molecule has 0 unspecified atom stereocenters. The van der Waals surface area contributed by atoms with Gasteiger partial charge in [0.25, 0.3) is 11.6 Å². The molecule has 0 atom stereocenters. The molecule has 0 spiro atoms. The summed E-state index contributed by atoms with van der Waals surface area (Å²) in [6, 6.07) is 12.2. The number of nitrogens with zero attached hydrogens (tertiary/aromatic N) is 3. The highest BCUT2D eigenvalue weighted by atomic mass is 127. The Balaban J connectivity index is 1.73. The predicted octanol–water partition coefficient (Wildman–Crippen LogP) is 3.17. The molecular formula is C18H18IN3O4. The van der Waals surface area contributed by atoms with Crippen molar-refractivity contribution in [3.63, 3.8) is 0 Å². The number of hydrogen-bond acceptors (Lipinski definition) is 5. The highest BCUT2D eigenvalue weighted by Gasteiger charge is 2.26. The number of nitro benzene ring substituents is 1. The van der Waals surface area contributed by atoms with Crippen molar-refractivity contribution in [3.05, 3.63) is 61.7 Å². The van der Waals surface area contributed by atoms with E-state index in [0.29, 0.717) is 35.3 Å². The van der Waals surface area contributed by atoms with Gasteiger partial charge in [0.15, 0.2) is 0 Å². The molecule has 8 heteroatoms. The molecule has 0 bridgehead atoms. The van der Waals surface area contributed by atoms with Gasteiger partial charge >= 0.3 is 0 Å². The second-order valence-corrected chi connectivity index (χ2v) is 7.03. The van der Waals surface area contributed by atoms with Gasteiger partial charge in [-0.15, -0.1) is 0 Å². The summed E-state index contributed by atoms with van der Waals surface area (Å²) >= 11 is 2.04. The number of methoxy groups -OCH3 is 1. The Morgan fingerprint density at radius 3 is 2.50 bits per heavy atom. The summed E-state index contributed by atoms with van der Waals surface area (Å²) in [7, 11) is 1.64. The molecule has 2 aromatic carbocycles. The average Bonchev–Trinajstić information content (AvgIpc) is 2.67. The van der Waals surface area contributed by atoms with Crippen LogP contribution >= 0.6 is 22.6 Å². The largest absolute Gasteiger partial charge is 0.495 e. The predicted molar refractivity (Wildman–Crippen MR) is 107 cm³/mol. The van der Waals surface area contributed by atoms with Crippen LogP contribution in [0.1, 0.15) is 10.4 Å². The molecular weight excluding hydrogens is 449 g/mol. The minimum Gasteiger partial charge on any atom is -0.495 e. The molecule has 3 rings (SSSR count). The Morgan fingerprint density at radius 1 is 1.15 bits per heavy atom. The number of non-ortho nitro benzene ring substituents is 1. The molecule has 0 radical (unpaired) electrons. The fourth-order valence-electron chi connectivity index (χ4n) is 3.00. The average molecular weight is 467 g/mol. The molecule has 1 saturated heterocycles. The lowest BCUT2D eigenvalue weighted by Crippen LogP contribution is -2.49. The van der Waals surface area contributed by atoms with Crippen LogP contribution in [0, 0.1) is 13.7 Å². The first-order valence-corrected chi connectivity index (χ1v) is 9.20. The zero-order valence-electron chi connectivity index (χ0n) is 14.2. The first kappa shape index (κ1) is 18.4. The third-order valence-electron chi connectivity index (χ3n) is 4.38. The van der Waals surface area contributed by atoms with Gasteiger partial charge in [0.1, 0.15) is 5.75 Å². The summed E-state index contributed by atoms with van der Waals surface area (Å²) in [6.07, 6.45) is 0. The Hall–Kier alpha value is -2.36. The monoisotopic (exact) mass is 467 g/mol. The second-order valence-electron chi connectivity index (χ2n) is 5.87. The van der Waals surface area contributed by atoms with Crippen LogP contribution in [0.25, 0.3) is 0 Å². The van der Waals surface area contributed by atoms with Crippen molar-refractivity contribution >= 4 is 39.9 Å². The van der Waals surface area contributed by atoms with Crippen LogP contribution < -0.4 is 9.64 Å². The SMILES string of the molecule is COc1ccccc1N1CCN(C(=O)c2cc([N+](=O)[O-])ccc2I)CC1. The molecule has 0 aliphatic carbocycles. The molecule has 26 heavy (non-hydrogen) atoms. The molecule has 0 saturated carbocycles. The summed E-state index contributed by atoms with van der Waals surface area (Å²) in [4.78, 5) is 27.2. The van der Waals surface area contributed by atoms with Gasteiger partial charge in [-0.2, -0.15) is 0 Å². The molecule has 1 aliphatic heterocycles. The molecule has 1 aliphatic rings. The number of anilines is 1. The molecule has 0 aromatic heterocycles. The lowest BCUT2D eigenvalue weighted by Gasteiger charge is -2.36. The first-order valence-electron chi connectivity index (χ1n) is 8.12. The Morgan fingerprint density at radius 2 is 1.85 bits per heavy atom. The van der Waals surface area contributed by atoms with Crippen LogP contribution in [0.3, 0.4) is 0 Å². The molecule has 0 N–H and O–H groups in total. The van der Waals surface area contributed by atoms with Gasteiger partial charge in [0.2, 0.25) is 0 Å². The Bertz CT molecular complexity index is 835. The third kappa shape index (κ3) is 3.74. The number of piperazine rings is 1. The van der Waals surface area contributed by atoms with Crippen molar-refractivity contribution in [2.24, 2.45) is 0 Å². The Kier molecular flexibility index (Phi) is 5.60. The van der Waals surface area contributed by atoms with Crippen molar-refractivity contribution in [1.82, 2.24) is 4.90 Å². The standard InChI is InChI=1S/C18H18IN3O4/c1-26-17-5-3-2-4-16(17)20-8-10-21(11-9-20)18(23)14-12-13(22(24)25)6-7-15(14)19/h2-7,12H,8-11H2,1H3. The highest BCUT2D eigenvalue weighted by Crippen LogP contribution is 2.29. The smallest absolute Gasteiger partial charge is 0.270 e. The van der Waals surface area contributed by atoms with Gasteiger partial charge < -0.3 is 14.5 Å². The summed E-state index contributed by atoms with van der Waals surface area (Å²) in [5.41, 5.74) is 1.32. The van der Waals surface area contributed by atoms with Crippen molar-refractivity contribution < 1.29 is 14.5 Å². The number of para-hydroxylation sites is 2. The van der Waals surface area contributed by atoms with Crippen molar-refractivity contribution in [2.75, 3.05) is 38.2 Å². The second kappa shape index (κ2) is 7.90. The molecule has 2 aromatic rings. The minimum absolute atomic E-state index is 0.0681. The summed E-state index contributed by atoms with van der Waals surface area (Å²) in [5.74, 6) is 0.637. The molecule has 7 nitrogen and oxygen atoms in total. The number of ether oxygens (including phenoxy) is 1. The van der Waals surface area contributed by atoms with Crippen LogP contribution in [0.5, 0.6) is 5.75 Å². The minimum atomic E-state index is -0.480. The topological polar surface area (TPSA) is 75.9 Å². The fourth-order valence-corrected chi connectivity index (χ4v) is 3.57. The van der Waals surface area contributed by atoms with E-state index in [1.807, 2.05) is 46.9 Å². The highest BCUT2D eigenvalue weighted by molar-refractivity contribution is 14.1. The number of rotatable bonds is 4. The third-order valence-corrected chi connectivity index (χ3v) is 5.32. The van der Waals surface area contributed by atoms with E-state index in [4.69, 9.17) is 4.74 Å². The zero-order chi connectivity index (χ0) is 18.7. The number of hydrogen-bond donors (Lipinski definition) is 0. The van der Waals surface area contributed by atoms with Gasteiger partial charge in [-0.25, -0.2) is 0 Å². The van der Waals surface area contributed by atoms with Crippen LogP contribution in [-0.4, -0.2) is 49.0 Å². The van der Waals surface area contributed by atoms with Crippen LogP contribution in [0.2, 0.25) is 0 Å². The van der Waals surface area contributed by atoms with E-state index in [9.17, 15) is 14.9 Å². The lowest BCUT2D eigenvalue weighted by atomic mass is 10.1. The van der Waals surface area contributed by atoms with Crippen LogP contribution in [0.4, 0.5) is 11.4 Å². The number of halogens is 1. The molecule has 1 amide bonds. The zero-order valence-corrected chi connectivity index (χ0v) is 16.4. The van der Waals surface area contributed by atoms with Crippen molar-refractivity contribution in [3.8, 4) is 5.75 Å². The Labute approximate surface area is 164 Å². The van der Waals surface area contributed by atoms with Gasteiger partial charge in [-0.3, -0.25) is 14.9 Å². The molecule has 1 fully saturated rings. The van der Waals surface area contributed by atoms with Gasteiger partial charge in [0, 0.05) is 41.9 Å². The van der Waals surface area contributed by atoms with E-state index < -0.39 is 4.92 Å². The maximum absolute atomic E-state index is 12.8. The normalized spacial score (nSPS) is 14.2. The van der Waals surface area contributed by atoms with E-state index in [1.54, 1.807) is 18.1 Å². The quantitative estimate of drug-likeness (QED) is 0.393. The van der Waals surface area contributed by atoms with Crippen LogP contribution in [-0.2, 0) is 0 Å². The van der Waals surface area contributed by atoms with Gasteiger partial charge in [0.05, 0.1) is 23.3 Å². The molecule has 1 heterocycles. The lowest BCUT2D eigenvalue weighted by molar-refractivity contribution is -0.384. The van der Waals surface area contributed by atoms with Gasteiger partial charge in [-0.1, -0.05) is 12.1 Å². The first-order chi connectivity index (χ1) is 12.5. The van der Waals surface area contributed by atoms with Crippen molar-refractivity contribution in [2.45, 2.75) is 0 Å². The van der Waals surface area contributed by atoms with Crippen molar-refractivity contribution in [1.29, 1.82) is 0 Å². The van der Waals surface area contributed by atoms with E-state index in [-0.39, 0.29) is 11.6 Å². The maximum Gasteiger partial charge on any atom is 0.270 e. The number of carbonyl (C=O) groups is 1. The number of benzene rings is 2. The maximum atomic E-state index is 12.8. The van der Waals surface area contributed by atoms with E-state index in [0.717, 1.165) is 11.4 Å². The summed E-state index contributed by atoms with van der Waals surface area (Å²) < 4.78 is 6.12. The van der Waals surface area contributed by atoms with Crippen LogP contribution in [0.15, 0.2) is 42.5 Å². The number of carbonyl (C=O) groups excluding carboxylic acids is 1.